The maximum absolute atomic E-state index is 3.59. The first-order valence-corrected chi connectivity index (χ1v) is 6.91. The highest BCUT2D eigenvalue weighted by atomic mass is 15.1. The zero-order valence-electron chi connectivity index (χ0n) is 10.0. The third-order valence-electron chi connectivity index (χ3n) is 3.89. The van der Waals surface area contributed by atoms with Crippen LogP contribution >= 0.6 is 0 Å². The van der Waals surface area contributed by atoms with Gasteiger partial charge in [-0.3, -0.25) is 0 Å². The molecule has 2 rings (SSSR count). The molecule has 1 N–H and O–H groups in total. The lowest BCUT2D eigenvalue weighted by molar-refractivity contribution is 0.274. The van der Waals surface area contributed by atoms with Gasteiger partial charge in [0.05, 0.1) is 0 Å². The number of hydrogen-bond donors (Lipinski definition) is 1. The molecule has 15 heavy (non-hydrogen) atoms. The van der Waals surface area contributed by atoms with Gasteiger partial charge in [0.1, 0.15) is 0 Å². The maximum atomic E-state index is 3.59. The van der Waals surface area contributed by atoms with E-state index in [2.05, 4.69) is 10.2 Å². The van der Waals surface area contributed by atoms with Gasteiger partial charge >= 0.3 is 0 Å². The quantitative estimate of drug-likeness (QED) is 0.766. The molecule has 2 fully saturated rings. The second kappa shape index (κ2) is 6.49. The molecule has 0 spiro atoms. The standard InChI is InChI=1S/C13H26N2/c1-2-4-11-15(10-3-1)12-6-8-13-7-5-9-14-13/h13-14H,1-12H2. The van der Waals surface area contributed by atoms with Crippen molar-refractivity contribution in [3.8, 4) is 0 Å². The van der Waals surface area contributed by atoms with Crippen molar-refractivity contribution in [1.82, 2.24) is 10.2 Å². The highest BCUT2D eigenvalue weighted by molar-refractivity contribution is 4.74. The van der Waals surface area contributed by atoms with Gasteiger partial charge < -0.3 is 10.2 Å². The van der Waals surface area contributed by atoms with Gasteiger partial charge in [0.15, 0.2) is 0 Å². The van der Waals surface area contributed by atoms with Gasteiger partial charge in [0, 0.05) is 6.04 Å². The zero-order chi connectivity index (χ0) is 10.3. The van der Waals surface area contributed by atoms with Crippen LogP contribution in [-0.2, 0) is 0 Å². The predicted octanol–water partition coefficient (Wildman–Crippen LogP) is 2.39. The first-order chi connectivity index (χ1) is 7.45. The minimum Gasteiger partial charge on any atom is -0.314 e. The first kappa shape index (κ1) is 11.4. The monoisotopic (exact) mass is 210 g/mol. The van der Waals surface area contributed by atoms with Crippen LogP contribution in [0.25, 0.3) is 0 Å². The molecule has 1 atom stereocenters. The molecular weight excluding hydrogens is 184 g/mol. The van der Waals surface area contributed by atoms with E-state index >= 15 is 0 Å². The SMILES string of the molecule is C1CCCN(CCCC2CCCN2)CC1. The average molecular weight is 210 g/mol. The molecule has 1 unspecified atom stereocenters. The Kier molecular flexibility index (Phi) is 4.94. The summed E-state index contributed by atoms with van der Waals surface area (Å²) in [5.41, 5.74) is 0. The third kappa shape index (κ3) is 4.12. The number of hydrogen-bond acceptors (Lipinski definition) is 2. The summed E-state index contributed by atoms with van der Waals surface area (Å²) in [6, 6.07) is 0.844. The summed E-state index contributed by atoms with van der Waals surface area (Å²) in [5, 5.41) is 3.59. The maximum Gasteiger partial charge on any atom is 0.00680 e. The summed E-state index contributed by atoms with van der Waals surface area (Å²) >= 11 is 0. The molecule has 0 aromatic carbocycles. The lowest BCUT2D eigenvalue weighted by Gasteiger charge is -2.20. The Balaban J connectivity index is 1.55. The molecule has 2 heterocycles. The summed E-state index contributed by atoms with van der Waals surface area (Å²) < 4.78 is 0. The van der Waals surface area contributed by atoms with Crippen molar-refractivity contribution in [1.29, 1.82) is 0 Å². The van der Waals surface area contributed by atoms with Gasteiger partial charge in [-0.05, 0) is 64.7 Å². The molecule has 0 amide bonds. The molecule has 0 aromatic heterocycles. The van der Waals surface area contributed by atoms with E-state index in [4.69, 9.17) is 0 Å². The van der Waals surface area contributed by atoms with Crippen LogP contribution in [0.3, 0.4) is 0 Å². The van der Waals surface area contributed by atoms with Crippen molar-refractivity contribution in [2.75, 3.05) is 26.2 Å². The summed E-state index contributed by atoms with van der Waals surface area (Å²) in [7, 11) is 0. The van der Waals surface area contributed by atoms with Gasteiger partial charge in [-0.15, -0.1) is 0 Å². The van der Waals surface area contributed by atoms with Crippen molar-refractivity contribution in [2.45, 2.75) is 57.4 Å². The highest BCUT2D eigenvalue weighted by Gasteiger charge is 2.14. The van der Waals surface area contributed by atoms with E-state index < -0.39 is 0 Å². The van der Waals surface area contributed by atoms with Gasteiger partial charge in [-0.2, -0.15) is 0 Å². The molecule has 0 saturated carbocycles. The van der Waals surface area contributed by atoms with E-state index in [0.29, 0.717) is 0 Å². The van der Waals surface area contributed by atoms with E-state index in [0.717, 1.165) is 6.04 Å². The van der Waals surface area contributed by atoms with Crippen LogP contribution < -0.4 is 5.32 Å². The summed E-state index contributed by atoms with van der Waals surface area (Å²) in [6.07, 6.45) is 11.4. The summed E-state index contributed by atoms with van der Waals surface area (Å²) in [4.78, 5) is 2.68. The second-order valence-electron chi connectivity index (χ2n) is 5.19. The first-order valence-electron chi connectivity index (χ1n) is 6.91. The van der Waals surface area contributed by atoms with Crippen LogP contribution in [0, 0.1) is 0 Å². The van der Waals surface area contributed by atoms with Crippen LogP contribution in [0.1, 0.15) is 51.4 Å². The Labute approximate surface area is 94.4 Å². The second-order valence-corrected chi connectivity index (χ2v) is 5.19. The van der Waals surface area contributed by atoms with E-state index in [-0.39, 0.29) is 0 Å². The number of nitrogens with one attached hydrogen (secondary N) is 1. The Morgan fingerprint density at radius 2 is 1.80 bits per heavy atom. The average Bonchev–Trinajstić information content (AvgIpc) is 2.62. The smallest absolute Gasteiger partial charge is 0.00680 e. The Bertz CT molecular complexity index is 156. The van der Waals surface area contributed by atoms with E-state index in [1.807, 2.05) is 0 Å². The molecule has 2 aliphatic rings. The largest absolute Gasteiger partial charge is 0.314 e. The van der Waals surface area contributed by atoms with Crippen LogP contribution in [-0.4, -0.2) is 37.1 Å². The fraction of sp³-hybridized carbons (Fsp3) is 1.00. The number of likely N-dealkylation sites (tertiary alicyclic amines) is 1. The highest BCUT2D eigenvalue weighted by Crippen LogP contribution is 2.13. The molecule has 2 aliphatic heterocycles. The molecule has 0 radical (unpaired) electrons. The Morgan fingerprint density at radius 1 is 1.00 bits per heavy atom. The zero-order valence-corrected chi connectivity index (χ0v) is 10.0. The van der Waals surface area contributed by atoms with E-state index in [9.17, 15) is 0 Å². The predicted molar refractivity (Wildman–Crippen MR) is 65.2 cm³/mol. The van der Waals surface area contributed by atoms with Gasteiger partial charge in [0.25, 0.3) is 0 Å². The molecule has 2 saturated heterocycles. The van der Waals surface area contributed by atoms with Gasteiger partial charge in [-0.25, -0.2) is 0 Å². The lowest BCUT2D eigenvalue weighted by Crippen LogP contribution is -2.28. The third-order valence-corrected chi connectivity index (χ3v) is 3.89. The molecular formula is C13H26N2. The summed E-state index contributed by atoms with van der Waals surface area (Å²) in [5.74, 6) is 0. The van der Waals surface area contributed by atoms with E-state index in [1.54, 1.807) is 0 Å². The molecule has 0 aromatic rings. The van der Waals surface area contributed by atoms with Crippen molar-refractivity contribution < 1.29 is 0 Å². The minimum absolute atomic E-state index is 0.844. The lowest BCUT2D eigenvalue weighted by atomic mass is 10.1. The molecule has 88 valence electrons. The van der Waals surface area contributed by atoms with Crippen LogP contribution in [0.5, 0.6) is 0 Å². The Morgan fingerprint density at radius 3 is 2.47 bits per heavy atom. The van der Waals surface area contributed by atoms with Crippen molar-refractivity contribution in [3.63, 3.8) is 0 Å². The number of nitrogens with zero attached hydrogens (tertiary/aromatic N) is 1. The van der Waals surface area contributed by atoms with Crippen molar-refractivity contribution in [3.05, 3.63) is 0 Å². The number of rotatable bonds is 4. The van der Waals surface area contributed by atoms with Crippen LogP contribution in [0.2, 0.25) is 0 Å². The van der Waals surface area contributed by atoms with Crippen molar-refractivity contribution in [2.24, 2.45) is 0 Å². The molecule has 0 aliphatic carbocycles. The molecule has 0 bridgehead atoms. The van der Waals surface area contributed by atoms with Crippen LogP contribution in [0.15, 0.2) is 0 Å². The van der Waals surface area contributed by atoms with Gasteiger partial charge in [0.2, 0.25) is 0 Å². The Hall–Kier alpha value is -0.0800. The van der Waals surface area contributed by atoms with Crippen LogP contribution in [0.4, 0.5) is 0 Å². The minimum atomic E-state index is 0.844. The molecule has 2 nitrogen and oxygen atoms in total. The fourth-order valence-corrected chi connectivity index (χ4v) is 2.92. The van der Waals surface area contributed by atoms with Crippen molar-refractivity contribution >= 4 is 0 Å². The topological polar surface area (TPSA) is 15.3 Å². The summed E-state index contributed by atoms with van der Waals surface area (Å²) in [6.45, 7) is 5.32. The normalized spacial score (nSPS) is 29.2. The fourth-order valence-electron chi connectivity index (χ4n) is 2.92. The molecule has 2 heteroatoms. The van der Waals surface area contributed by atoms with E-state index in [1.165, 1.54) is 77.5 Å². The van der Waals surface area contributed by atoms with Gasteiger partial charge in [-0.1, -0.05) is 12.8 Å².